The number of hydrogen-bond acceptors (Lipinski definition) is 7. The van der Waals surface area contributed by atoms with Crippen LogP contribution in [0.1, 0.15) is 62.5 Å². The van der Waals surface area contributed by atoms with Crippen molar-refractivity contribution in [3.8, 4) is 0 Å². The topological polar surface area (TPSA) is 87.2 Å². The molecule has 0 saturated heterocycles. The van der Waals surface area contributed by atoms with E-state index in [1.165, 1.54) is 11.8 Å². The van der Waals surface area contributed by atoms with Crippen molar-refractivity contribution in [2.45, 2.75) is 58.4 Å². The number of Topliss-reactive ketones (excluding diaryl/α,β-unsaturated/α-hetero) is 1. The quantitative estimate of drug-likeness (QED) is 0.266. The van der Waals surface area contributed by atoms with E-state index < -0.39 is 5.97 Å². The number of carbonyl (C=O) groups is 2. The minimum atomic E-state index is -0.565. The summed E-state index contributed by atoms with van der Waals surface area (Å²) < 4.78 is 12.7. The van der Waals surface area contributed by atoms with Crippen LogP contribution < -0.4 is 0 Å². The number of thioether (sulfide) groups is 1. The Kier molecular flexibility index (Phi) is 7.33. The maximum absolute atomic E-state index is 12.7. The maximum Gasteiger partial charge on any atom is 0.341 e. The first-order valence-corrected chi connectivity index (χ1v) is 11.2. The second-order valence-corrected chi connectivity index (χ2v) is 8.35. The second kappa shape index (κ2) is 9.96. The van der Waals surface area contributed by atoms with Gasteiger partial charge in [-0.2, -0.15) is 0 Å². The lowest BCUT2D eigenvalue weighted by Crippen LogP contribution is -2.16. The van der Waals surface area contributed by atoms with E-state index in [1.807, 2.05) is 33.8 Å². The molecule has 3 rings (SSSR count). The minimum Gasteiger partial charge on any atom is -0.454 e. The summed E-state index contributed by atoms with van der Waals surface area (Å²) in [7, 11) is 0. The highest BCUT2D eigenvalue weighted by molar-refractivity contribution is 7.98. The Labute approximate surface area is 186 Å². The Morgan fingerprint density at radius 2 is 1.97 bits per heavy atom. The molecule has 164 valence electrons. The molecule has 0 unspecified atom stereocenters. The number of aryl methyl sites for hydroxylation is 3. The van der Waals surface area contributed by atoms with Crippen LogP contribution >= 0.6 is 11.8 Å². The fourth-order valence-electron chi connectivity index (χ4n) is 3.45. The van der Waals surface area contributed by atoms with Gasteiger partial charge in [0.05, 0.1) is 11.3 Å². The van der Waals surface area contributed by atoms with Gasteiger partial charge in [-0.3, -0.25) is 4.79 Å². The smallest absolute Gasteiger partial charge is 0.341 e. The molecule has 0 aliphatic rings. The molecule has 31 heavy (non-hydrogen) atoms. The summed E-state index contributed by atoms with van der Waals surface area (Å²) in [4.78, 5) is 29.7. The first-order chi connectivity index (χ1) is 14.8. The van der Waals surface area contributed by atoms with Crippen molar-refractivity contribution < 1.29 is 18.8 Å². The minimum absolute atomic E-state index is 0.211. The summed E-state index contributed by atoms with van der Waals surface area (Å²) in [5, 5.41) is 4.49. The third kappa shape index (κ3) is 5.07. The number of ketones is 1. The maximum atomic E-state index is 12.7. The van der Waals surface area contributed by atoms with Gasteiger partial charge in [0.2, 0.25) is 5.78 Å². The number of esters is 1. The molecule has 3 aromatic rings. The Morgan fingerprint density at radius 1 is 1.19 bits per heavy atom. The zero-order valence-corrected chi connectivity index (χ0v) is 19.3. The average Bonchev–Trinajstić information content (AvgIpc) is 3.23. The molecular weight excluding hydrogens is 414 g/mol. The van der Waals surface area contributed by atoms with Gasteiger partial charge >= 0.3 is 5.97 Å². The highest BCUT2D eigenvalue weighted by atomic mass is 32.2. The SMILES string of the molecule is CCCn1c(C)cc(C(=O)COC(=O)c2cccnc2SCc2c(C)noc2C)c1C. The Hall–Kier alpha value is -2.87. The summed E-state index contributed by atoms with van der Waals surface area (Å²) in [6, 6.07) is 5.19. The predicted molar refractivity (Wildman–Crippen MR) is 119 cm³/mol. The van der Waals surface area contributed by atoms with Gasteiger partial charge in [0.1, 0.15) is 10.8 Å². The van der Waals surface area contributed by atoms with Gasteiger partial charge in [-0.1, -0.05) is 12.1 Å². The van der Waals surface area contributed by atoms with Gasteiger partial charge in [0.25, 0.3) is 0 Å². The van der Waals surface area contributed by atoms with Crippen LogP contribution in [0.3, 0.4) is 0 Å². The number of aromatic nitrogens is 3. The van der Waals surface area contributed by atoms with E-state index in [0.717, 1.165) is 41.4 Å². The Bertz CT molecular complexity index is 1080. The second-order valence-electron chi connectivity index (χ2n) is 7.38. The molecule has 8 heteroatoms. The summed E-state index contributed by atoms with van der Waals surface area (Å²) in [5.74, 6) is 0.542. The van der Waals surface area contributed by atoms with Crippen LogP contribution in [0.4, 0.5) is 0 Å². The molecule has 0 saturated carbocycles. The lowest BCUT2D eigenvalue weighted by atomic mass is 10.1. The first kappa shape index (κ1) is 22.8. The van der Waals surface area contributed by atoms with Gasteiger partial charge in [0.15, 0.2) is 6.61 Å². The highest BCUT2D eigenvalue weighted by Gasteiger charge is 2.20. The normalized spacial score (nSPS) is 11.0. The van der Waals surface area contributed by atoms with E-state index in [9.17, 15) is 9.59 Å². The van der Waals surface area contributed by atoms with Crippen LogP contribution in [0, 0.1) is 27.7 Å². The molecule has 0 fully saturated rings. The lowest BCUT2D eigenvalue weighted by molar-refractivity contribution is 0.0470. The van der Waals surface area contributed by atoms with Crippen LogP contribution in [-0.4, -0.2) is 33.1 Å². The molecule has 3 aromatic heterocycles. The van der Waals surface area contributed by atoms with Gasteiger partial charge in [-0.25, -0.2) is 9.78 Å². The fraction of sp³-hybridized carbons (Fsp3) is 0.391. The number of carbonyl (C=O) groups excluding carboxylic acids is 2. The summed E-state index contributed by atoms with van der Waals surface area (Å²) >= 11 is 1.41. The molecule has 7 nitrogen and oxygen atoms in total. The van der Waals surface area contributed by atoms with Gasteiger partial charge in [0, 0.05) is 41.0 Å². The third-order valence-electron chi connectivity index (χ3n) is 5.18. The summed E-state index contributed by atoms with van der Waals surface area (Å²) in [5.41, 5.74) is 4.65. The molecule has 0 radical (unpaired) electrons. The van der Waals surface area contributed by atoms with E-state index in [-0.39, 0.29) is 12.4 Å². The Morgan fingerprint density at radius 3 is 2.65 bits per heavy atom. The van der Waals surface area contributed by atoms with Crippen LogP contribution in [0.15, 0.2) is 33.9 Å². The van der Waals surface area contributed by atoms with Crippen LogP contribution in [0.2, 0.25) is 0 Å². The number of pyridine rings is 1. The summed E-state index contributed by atoms with van der Waals surface area (Å²) in [6.07, 6.45) is 2.61. The van der Waals surface area contributed by atoms with Crippen molar-refractivity contribution >= 4 is 23.5 Å². The van der Waals surface area contributed by atoms with Crippen molar-refractivity contribution in [1.29, 1.82) is 0 Å². The molecule has 0 aromatic carbocycles. The molecule has 3 heterocycles. The first-order valence-electron chi connectivity index (χ1n) is 10.2. The zero-order chi connectivity index (χ0) is 22.5. The number of nitrogens with zero attached hydrogens (tertiary/aromatic N) is 3. The number of rotatable bonds is 9. The average molecular weight is 442 g/mol. The predicted octanol–water partition coefficient (Wildman–Crippen LogP) is 4.85. The standard InChI is InChI=1S/C23H27N3O4S/c1-6-10-26-14(2)11-19(16(26)4)21(27)12-29-23(28)18-8-7-9-24-22(18)31-13-20-15(3)25-30-17(20)5/h7-9,11H,6,10,12-13H2,1-5H3. The van der Waals surface area contributed by atoms with Crippen LogP contribution in [0.25, 0.3) is 0 Å². The van der Waals surface area contributed by atoms with E-state index in [0.29, 0.717) is 21.9 Å². The highest BCUT2D eigenvalue weighted by Crippen LogP contribution is 2.27. The van der Waals surface area contributed by atoms with E-state index in [4.69, 9.17) is 9.26 Å². The number of hydrogen-bond donors (Lipinski definition) is 0. The molecule has 0 atom stereocenters. The molecule has 0 aliphatic carbocycles. The van der Waals surface area contributed by atoms with Gasteiger partial charge < -0.3 is 13.8 Å². The lowest BCUT2D eigenvalue weighted by Gasteiger charge is -2.09. The molecule has 0 aliphatic heterocycles. The molecule has 0 amide bonds. The van der Waals surface area contributed by atoms with Crippen molar-refractivity contribution in [3.05, 3.63) is 63.9 Å². The third-order valence-corrected chi connectivity index (χ3v) is 6.21. The zero-order valence-electron chi connectivity index (χ0n) is 18.5. The molecular formula is C23H27N3O4S. The van der Waals surface area contributed by atoms with Crippen molar-refractivity contribution in [2.24, 2.45) is 0 Å². The fourth-order valence-corrected chi connectivity index (χ4v) is 4.58. The number of ether oxygens (including phenoxy) is 1. The van der Waals surface area contributed by atoms with Crippen LogP contribution in [0.5, 0.6) is 0 Å². The van der Waals surface area contributed by atoms with E-state index >= 15 is 0 Å². The van der Waals surface area contributed by atoms with Gasteiger partial charge in [-0.05, 0) is 52.3 Å². The largest absolute Gasteiger partial charge is 0.454 e. The summed E-state index contributed by atoms with van der Waals surface area (Å²) in [6.45, 7) is 10.3. The van der Waals surface area contributed by atoms with Crippen LogP contribution in [-0.2, 0) is 17.0 Å². The van der Waals surface area contributed by atoms with Crippen molar-refractivity contribution in [3.63, 3.8) is 0 Å². The van der Waals surface area contributed by atoms with Crippen molar-refractivity contribution in [1.82, 2.24) is 14.7 Å². The van der Waals surface area contributed by atoms with E-state index in [1.54, 1.807) is 18.3 Å². The monoisotopic (exact) mass is 441 g/mol. The molecule has 0 spiro atoms. The Balaban J connectivity index is 1.67. The van der Waals surface area contributed by atoms with Gasteiger partial charge in [-0.15, -0.1) is 11.8 Å². The van der Waals surface area contributed by atoms with Crippen molar-refractivity contribution in [2.75, 3.05) is 6.61 Å². The molecule has 0 N–H and O–H groups in total. The molecule has 0 bridgehead atoms. The van der Waals surface area contributed by atoms with E-state index in [2.05, 4.69) is 21.6 Å².